The Balaban J connectivity index is 1.72. The highest BCUT2D eigenvalue weighted by Gasteiger charge is 2.49. The molecule has 0 bridgehead atoms. The third kappa shape index (κ3) is 1.94. The molecule has 3 heterocycles. The van der Waals surface area contributed by atoms with Gasteiger partial charge < -0.3 is 19.9 Å². The van der Waals surface area contributed by atoms with Gasteiger partial charge >= 0.3 is 0 Å². The Morgan fingerprint density at radius 1 is 1.40 bits per heavy atom. The Hall–Kier alpha value is -2.08. The summed E-state index contributed by atoms with van der Waals surface area (Å²) in [5.74, 6) is 0.102. The number of nitrogens with two attached hydrogens (primary N) is 1. The second kappa shape index (κ2) is 4.97. The van der Waals surface area contributed by atoms with E-state index < -0.39 is 5.82 Å². The number of ether oxygens (including phenoxy) is 1. The summed E-state index contributed by atoms with van der Waals surface area (Å²) in [7, 11) is 0. The number of hydrogen-bond donors (Lipinski definition) is 1. The summed E-state index contributed by atoms with van der Waals surface area (Å²) in [5, 5.41) is 0.382. The van der Waals surface area contributed by atoms with E-state index in [1.165, 1.54) is 18.6 Å². The largest absolute Gasteiger partial charge is 0.487 e. The Bertz CT molecular complexity index is 934. The van der Waals surface area contributed by atoms with Crippen molar-refractivity contribution in [1.82, 2.24) is 4.57 Å². The normalized spacial score (nSPS) is 26.8. The van der Waals surface area contributed by atoms with Crippen LogP contribution >= 0.6 is 0 Å². The number of pyridine rings is 1. The molecule has 2 aromatic rings. The predicted octanol–water partition coefficient (Wildman–Crippen LogP) is 2.41. The van der Waals surface area contributed by atoms with Gasteiger partial charge in [-0.25, -0.2) is 4.39 Å². The van der Waals surface area contributed by atoms with Crippen LogP contribution in [-0.2, 0) is 0 Å². The lowest BCUT2D eigenvalue weighted by atomic mass is 9.66. The topological polar surface area (TPSA) is 60.5 Å². The van der Waals surface area contributed by atoms with Crippen LogP contribution in [0.25, 0.3) is 10.9 Å². The highest BCUT2D eigenvalue weighted by atomic mass is 19.1. The maximum atomic E-state index is 15.0. The van der Waals surface area contributed by atoms with Crippen LogP contribution in [0, 0.1) is 11.2 Å². The van der Waals surface area contributed by atoms with E-state index in [-0.39, 0.29) is 22.9 Å². The summed E-state index contributed by atoms with van der Waals surface area (Å²) in [4.78, 5) is 14.3. The molecule has 1 spiro atoms. The Labute approximate surface area is 145 Å². The quantitative estimate of drug-likeness (QED) is 0.864. The van der Waals surface area contributed by atoms with Crippen molar-refractivity contribution < 1.29 is 9.13 Å². The van der Waals surface area contributed by atoms with Crippen molar-refractivity contribution in [2.45, 2.75) is 38.3 Å². The molecule has 132 valence electrons. The lowest BCUT2D eigenvalue weighted by Crippen LogP contribution is -2.45. The van der Waals surface area contributed by atoms with Crippen molar-refractivity contribution in [1.29, 1.82) is 0 Å². The first kappa shape index (κ1) is 15.2. The number of anilines is 1. The predicted molar refractivity (Wildman–Crippen MR) is 94.8 cm³/mol. The van der Waals surface area contributed by atoms with E-state index >= 15 is 4.39 Å². The van der Waals surface area contributed by atoms with E-state index in [4.69, 9.17) is 10.5 Å². The van der Waals surface area contributed by atoms with Gasteiger partial charge in [0.05, 0.1) is 16.9 Å². The van der Waals surface area contributed by atoms with Crippen molar-refractivity contribution in [3.05, 3.63) is 34.4 Å². The summed E-state index contributed by atoms with van der Waals surface area (Å²) in [6.07, 6.45) is 5.20. The first-order chi connectivity index (χ1) is 12.0. The molecule has 1 aromatic carbocycles. The zero-order valence-electron chi connectivity index (χ0n) is 14.3. The fraction of sp³-hybridized carbons (Fsp3) is 0.526. The molecular weight excluding hydrogens is 321 g/mol. The Kier molecular flexibility index (Phi) is 3.02. The van der Waals surface area contributed by atoms with Crippen LogP contribution in [-0.4, -0.2) is 30.3 Å². The van der Waals surface area contributed by atoms with Crippen LogP contribution in [0.4, 0.5) is 10.1 Å². The molecule has 1 aromatic heterocycles. The zero-order valence-corrected chi connectivity index (χ0v) is 14.3. The van der Waals surface area contributed by atoms with Crippen LogP contribution in [0.5, 0.6) is 5.75 Å². The maximum absolute atomic E-state index is 15.0. The maximum Gasteiger partial charge on any atom is 0.189 e. The minimum atomic E-state index is -0.393. The highest BCUT2D eigenvalue weighted by molar-refractivity contribution is 5.92. The smallest absolute Gasteiger partial charge is 0.189 e. The first-order valence-corrected chi connectivity index (χ1v) is 9.01. The van der Waals surface area contributed by atoms with E-state index in [2.05, 4.69) is 0 Å². The fourth-order valence-electron chi connectivity index (χ4n) is 4.77. The van der Waals surface area contributed by atoms with Gasteiger partial charge in [0.15, 0.2) is 17.0 Å². The molecule has 25 heavy (non-hydrogen) atoms. The molecule has 2 atom stereocenters. The summed E-state index contributed by atoms with van der Waals surface area (Å²) in [6.45, 7) is 3.89. The standard InChI is InChI=1S/C19H22FN3O2/c1-11-9-25-18-16-12(14(24)3-6-23(11)16)7-13(20)17(18)22-8-15(21)19(10-22)4-2-5-19/h3,6-7,11,15H,2,4-5,8-10,21H2,1H3/t11-,15+/m0/s1. The molecule has 1 saturated carbocycles. The second-order valence-corrected chi connectivity index (χ2v) is 7.88. The van der Waals surface area contributed by atoms with Gasteiger partial charge in [-0.2, -0.15) is 0 Å². The average molecular weight is 343 g/mol. The van der Waals surface area contributed by atoms with Gasteiger partial charge in [0, 0.05) is 36.8 Å². The molecule has 0 amide bonds. The summed E-state index contributed by atoms with van der Waals surface area (Å²) in [5.41, 5.74) is 7.50. The van der Waals surface area contributed by atoms with Gasteiger partial charge in [-0.1, -0.05) is 6.42 Å². The third-order valence-electron chi connectivity index (χ3n) is 6.41. The molecule has 2 fully saturated rings. The molecule has 1 saturated heterocycles. The van der Waals surface area contributed by atoms with E-state index in [0.717, 1.165) is 19.4 Å². The van der Waals surface area contributed by atoms with Gasteiger partial charge in [-0.15, -0.1) is 0 Å². The summed E-state index contributed by atoms with van der Waals surface area (Å²) >= 11 is 0. The zero-order chi connectivity index (χ0) is 17.3. The molecule has 3 aliphatic rings. The van der Waals surface area contributed by atoms with Crippen LogP contribution in [0.2, 0.25) is 0 Å². The van der Waals surface area contributed by atoms with Crippen LogP contribution < -0.4 is 20.8 Å². The second-order valence-electron chi connectivity index (χ2n) is 7.88. The molecule has 2 N–H and O–H groups in total. The molecular formula is C19H22FN3O2. The van der Waals surface area contributed by atoms with Gasteiger partial charge in [-0.05, 0) is 25.8 Å². The van der Waals surface area contributed by atoms with E-state index in [1.54, 1.807) is 6.20 Å². The van der Waals surface area contributed by atoms with Crippen molar-refractivity contribution in [2.24, 2.45) is 11.1 Å². The minimum absolute atomic E-state index is 0.0593. The van der Waals surface area contributed by atoms with Crippen molar-refractivity contribution in [3.8, 4) is 5.75 Å². The van der Waals surface area contributed by atoms with Crippen LogP contribution in [0.3, 0.4) is 0 Å². The number of halogens is 1. The minimum Gasteiger partial charge on any atom is -0.487 e. The Morgan fingerprint density at radius 2 is 2.20 bits per heavy atom. The first-order valence-electron chi connectivity index (χ1n) is 9.01. The van der Waals surface area contributed by atoms with E-state index in [1.807, 2.05) is 16.4 Å². The number of nitrogens with zero attached hydrogens (tertiary/aromatic N) is 2. The van der Waals surface area contributed by atoms with Crippen LogP contribution in [0.15, 0.2) is 23.1 Å². The molecule has 0 radical (unpaired) electrons. The number of benzene rings is 1. The van der Waals surface area contributed by atoms with E-state index in [9.17, 15) is 4.79 Å². The fourth-order valence-corrected chi connectivity index (χ4v) is 4.77. The highest BCUT2D eigenvalue weighted by Crippen LogP contribution is 2.51. The van der Waals surface area contributed by atoms with Gasteiger partial charge in [0.2, 0.25) is 0 Å². The molecule has 6 heteroatoms. The number of hydrogen-bond acceptors (Lipinski definition) is 4. The number of aromatic nitrogens is 1. The molecule has 0 unspecified atom stereocenters. The summed E-state index contributed by atoms with van der Waals surface area (Å²) < 4.78 is 23.0. The Morgan fingerprint density at radius 3 is 2.88 bits per heavy atom. The molecule has 2 aliphatic heterocycles. The van der Waals surface area contributed by atoms with Gasteiger partial charge in [0.1, 0.15) is 12.3 Å². The van der Waals surface area contributed by atoms with Crippen LogP contribution in [0.1, 0.15) is 32.2 Å². The van der Waals surface area contributed by atoms with Crippen molar-refractivity contribution >= 4 is 16.6 Å². The van der Waals surface area contributed by atoms with Gasteiger partial charge in [0.25, 0.3) is 0 Å². The van der Waals surface area contributed by atoms with Crippen molar-refractivity contribution in [3.63, 3.8) is 0 Å². The van der Waals surface area contributed by atoms with Crippen molar-refractivity contribution in [2.75, 3.05) is 24.6 Å². The third-order valence-corrected chi connectivity index (χ3v) is 6.41. The lowest BCUT2D eigenvalue weighted by Gasteiger charge is -2.41. The van der Waals surface area contributed by atoms with E-state index in [0.29, 0.717) is 35.5 Å². The SMILES string of the molecule is C[C@H]1COc2c(N3C[C@@H](N)C4(CCC4)C3)c(F)cc3c(=O)ccn1c23. The van der Waals surface area contributed by atoms with Gasteiger partial charge in [-0.3, -0.25) is 4.79 Å². The summed E-state index contributed by atoms with van der Waals surface area (Å²) in [6, 6.07) is 3.03. The molecule has 5 nitrogen and oxygen atoms in total. The monoisotopic (exact) mass is 343 g/mol. The molecule has 1 aliphatic carbocycles. The number of rotatable bonds is 1. The lowest BCUT2D eigenvalue weighted by molar-refractivity contribution is 0.141. The molecule has 5 rings (SSSR count). The average Bonchev–Trinajstić information content (AvgIpc) is 2.90.